The van der Waals surface area contributed by atoms with Gasteiger partial charge in [0.2, 0.25) is 0 Å². The SMILES string of the molecule is C[C@H](N)c1ncc2n1CCCC2. The van der Waals surface area contributed by atoms with Crippen molar-refractivity contribution < 1.29 is 0 Å². The van der Waals surface area contributed by atoms with Gasteiger partial charge in [0.15, 0.2) is 0 Å². The molecular formula is C9H15N3. The number of rotatable bonds is 1. The van der Waals surface area contributed by atoms with Crippen LogP contribution in [-0.2, 0) is 13.0 Å². The van der Waals surface area contributed by atoms with Crippen LogP contribution in [0.15, 0.2) is 6.20 Å². The van der Waals surface area contributed by atoms with Crippen molar-refractivity contribution in [3.05, 3.63) is 17.7 Å². The van der Waals surface area contributed by atoms with Crippen LogP contribution >= 0.6 is 0 Å². The molecule has 0 amide bonds. The Morgan fingerprint density at radius 1 is 1.58 bits per heavy atom. The van der Waals surface area contributed by atoms with Crippen molar-refractivity contribution in [3.8, 4) is 0 Å². The summed E-state index contributed by atoms with van der Waals surface area (Å²) in [6, 6.07) is 0.0665. The summed E-state index contributed by atoms with van der Waals surface area (Å²) in [6.45, 7) is 3.09. The lowest BCUT2D eigenvalue weighted by atomic mass is 10.1. The van der Waals surface area contributed by atoms with Crippen molar-refractivity contribution in [2.24, 2.45) is 5.73 Å². The third-order valence-electron chi connectivity index (χ3n) is 2.44. The maximum atomic E-state index is 5.80. The molecule has 1 aliphatic rings. The molecule has 0 bridgehead atoms. The van der Waals surface area contributed by atoms with Gasteiger partial charge in [0.25, 0.3) is 0 Å². The monoisotopic (exact) mass is 165 g/mol. The molecule has 1 aliphatic heterocycles. The van der Waals surface area contributed by atoms with Crippen molar-refractivity contribution in [2.75, 3.05) is 0 Å². The molecule has 0 aromatic carbocycles. The van der Waals surface area contributed by atoms with E-state index < -0.39 is 0 Å². The van der Waals surface area contributed by atoms with Gasteiger partial charge in [-0.2, -0.15) is 0 Å². The van der Waals surface area contributed by atoms with E-state index in [1.165, 1.54) is 25.0 Å². The molecule has 1 aromatic rings. The number of hydrogen-bond donors (Lipinski definition) is 1. The van der Waals surface area contributed by atoms with Gasteiger partial charge in [0.1, 0.15) is 5.82 Å². The minimum atomic E-state index is 0.0665. The van der Waals surface area contributed by atoms with Crippen molar-refractivity contribution in [2.45, 2.75) is 38.8 Å². The Balaban J connectivity index is 2.38. The van der Waals surface area contributed by atoms with Crippen LogP contribution in [-0.4, -0.2) is 9.55 Å². The number of fused-ring (bicyclic) bond motifs is 1. The average Bonchev–Trinajstić information content (AvgIpc) is 2.47. The van der Waals surface area contributed by atoms with Crippen molar-refractivity contribution >= 4 is 0 Å². The first-order valence-corrected chi connectivity index (χ1v) is 4.59. The fourth-order valence-electron chi connectivity index (χ4n) is 1.82. The highest BCUT2D eigenvalue weighted by molar-refractivity contribution is 5.09. The molecule has 0 spiro atoms. The van der Waals surface area contributed by atoms with Gasteiger partial charge in [-0.05, 0) is 26.2 Å². The van der Waals surface area contributed by atoms with Gasteiger partial charge in [-0.25, -0.2) is 4.98 Å². The highest BCUT2D eigenvalue weighted by atomic mass is 15.1. The zero-order chi connectivity index (χ0) is 8.55. The van der Waals surface area contributed by atoms with Crippen LogP contribution in [0.4, 0.5) is 0 Å². The van der Waals surface area contributed by atoms with Crippen LogP contribution in [0.3, 0.4) is 0 Å². The zero-order valence-electron chi connectivity index (χ0n) is 7.45. The molecule has 0 aliphatic carbocycles. The molecule has 1 aromatic heterocycles. The molecule has 0 fully saturated rings. The summed E-state index contributed by atoms with van der Waals surface area (Å²) in [5.74, 6) is 1.05. The van der Waals surface area contributed by atoms with Crippen molar-refractivity contribution in [1.82, 2.24) is 9.55 Å². The van der Waals surface area contributed by atoms with E-state index in [1.54, 1.807) is 0 Å². The van der Waals surface area contributed by atoms with Crippen molar-refractivity contribution in [3.63, 3.8) is 0 Å². The Morgan fingerprint density at radius 3 is 3.17 bits per heavy atom. The van der Waals surface area contributed by atoms with E-state index in [4.69, 9.17) is 5.73 Å². The molecule has 0 saturated heterocycles. The lowest BCUT2D eigenvalue weighted by molar-refractivity contribution is 0.501. The average molecular weight is 165 g/mol. The molecule has 2 heterocycles. The second kappa shape index (κ2) is 2.90. The summed E-state index contributed by atoms with van der Waals surface area (Å²) in [7, 11) is 0. The van der Waals surface area contributed by atoms with E-state index in [2.05, 4.69) is 9.55 Å². The molecule has 0 unspecified atom stereocenters. The smallest absolute Gasteiger partial charge is 0.125 e. The van der Waals surface area contributed by atoms with E-state index in [9.17, 15) is 0 Å². The molecule has 1 atom stereocenters. The molecule has 3 heteroatoms. The molecule has 0 saturated carbocycles. The Labute approximate surface area is 72.6 Å². The molecular weight excluding hydrogens is 150 g/mol. The minimum Gasteiger partial charge on any atom is -0.331 e. The normalized spacial score (nSPS) is 18.8. The maximum absolute atomic E-state index is 5.80. The molecule has 3 nitrogen and oxygen atoms in total. The Kier molecular flexibility index (Phi) is 1.89. The van der Waals surface area contributed by atoms with E-state index in [-0.39, 0.29) is 6.04 Å². The highest BCUT2D eigenvalue weighted by Crippen LogP contribution is 2.19. The summed E-state index contributed by atoms with van der Waals surface area (Å²) < 4.78 is 2.27. The first-order chi connectivity index (χ1) is 5.79. The van der Waals surface area contributed by atoms with Crippen LogP contribution in [0.25, 0.3) is 0 Å². The van der Waals surface area contributed by atoms with Crippen LogP contribution in [0.5, 0.6) is 0 Å². The largest absolute Gasteiger partial charge is 0.331 e. The van der Waals surface area contributed by atoms with Crippen molar-refractivity contribution in [1.29, 1.82) is 0 Å². The zero-order valence-corrected chi connectivity index (χ0v) is 7.45. The quantitative estimate of drug-likeness (QED) is 0.680. The van der Waals surface area contributed by atoms with E-state index >= 15 is 0 Å². The fourth-order valence-corrected chi connectivity index (χ4v) is 1.82. The summed E-state index contributed by atoms with van der Waals surface area (Å²) in [6.07, 6.45) is 5.70. The van der Waals surface area contributed by atoms with Gasteiger partial charge >= 0.3 is 0 Å². The Hall–Kier alpha value is -0.830. The third-order valence-corrected chi connectivity index (χ3v) is 2.44. The summed E-state index contributed by atoms with van der Waals surface area (Å²) in [5.41, 5.74) is 7.15. The van der Waals surface area contributed by atoms with Gasteiger partial charge < -0.3 is 10.3 Å². The van der Waals surface area contributed by atoms with E-state index in [1.807, 2.05) is 13.1 Å². The summed E-state index contributed by atoms with van der Waals surface area (Å²) in [4.78, 5) is 4.34. The topological polar surface area (TPSA) is 43.8 Å². The third kappa shape index (κ3) is 1.14. The fraction of sp³-hybridized carbons (Fsp3) is 0.667. The summed E-state index contributed by atoms with van der Waals surface area (Å²) >= 11 is 0. The number of nitrogens with zero attached hydrogens (tertiary/aromatic N) is 2. The predicted octanol–water partition coefficient (Wildman–Crippen LogP) is 1.24. The molecule has 0 radical (unpaired) electrons. The molecule has 2 N–H and O–H groups in total. The van der Waals surface area contributed by atoms with E-state index in [0.29, 0.717) is 0 Å². The Bertz CT molecular complexity index is 275. The minimum absolute atomic E-state index is 0.0665. The van der Waals surface area contributed by atoms with Crippen LogP contribution in [0.1, 0.15) is 37.3 Å². The standard InChI is InChI=1S/C9H15N3/c1-7(10)9-11-6-8-4-2-3-5-12(8)9/h6-7H,2-5,10H2,1H3/t7-/m0/s1. The second-order valence-corrected chi connectivity index (χ2v) is 3.51. The first kappa shape index (κ1) is 7.80. The van der Waals surface area contributed by atoms with Crippen LogP contribution < -0.4 is 5.73 Å². The maximum Gasteiger partial charge on any atom is 0.125 e. The highest BCUT2D eigenvalue weighted by Gasteiger charge is 2.15. The lowest BCUT2D eigenvalue weighted by Gasteiger charge is -2.17. The van der Waals surface area contributed by atoms with Gasteiger partial charge in [-0.1, -0.05) is 0 Å². The molecule has 2 rings (SSSR count). The molecule has 66 valence electrons. The first-order valence-electron chi connectivity index (χ1n) is 4.59. The number of imidazole rings is 1. The molecule has 12 heavy (non-hydrogen) atoms. The predicted molar refractivity (Wildman–Crippen MR) is 47.8 cm³/mol. The number of aryl methyl sites for hydroxylation is 1. The number of aromatic nitrogens is 2. The van der Waals surface area contributed by atoms with Crippen LogP contribution in [0.2, 0.25) is 0 Å². The van der Waals surface area contributed by atoms with Crippen LogP contribution in [0, 0.1) is 0 Å². The second-order valence-electron chi connectivity index (χ2n) is 3.51. The van der Waals surface area contributed by atoms with E-state index in [0.717, 1.165) is 12.4 Å². The summed E-state index contributed by atoms with van der Waals surface area (Å²) in [5, 5.41) is 0. The van der Waals surface area contributed by atoms with Gasteiger partial charge in [-0.15, -0.1) is 0 Å². The number of nitrogens with two attached hydrogens (primary N) is 1. The lowest BCUT2D eigenvalue weighted by Crippen LogP contribution is -2.17. The van der Waals surface area contributed by atoms with Gasteiger partial charge in [0, 0.05) is 18.4 Å². The number of hydrogen-bond acceptors (Lipinski definition) is 2. The Morgan fingerprint density at radius 2 is 2.42 bits per heavy atom. The van der Waals surface area contributed by atoms with Gasteiger partial charge in [-0.3, -0.25) is 0 Å². The van der Waals surface area contributed by atoms with Gasteiger partial charge in [0.05, 0.1) is 6.04 Å².